The van der Waals surface area contributed by atoms with E-state index in [-0.39, 0.29) is 11.0 Å². The Balaban J connectivity index is 0.000000514. The van der Waals surface area contributed by atoms with E-state index in [0.29, 0.717) is 23.2 Å². The summed E-state index contributed by atoms with van der Waals surface area (Å²) < 4.78 is 0. The highest BCUT2D eigenvalue weighted by molar-refractivity contribution is 5.82. The first-order chi connectivity index (χ1) is 13.2. The van der Waals surface area contributed by atoms with Crippen molar-refractivity contribution in [2.75, 3.05) is 0 Å². The standard InChI is InChI=1S/C21H34N2.C2H4O.C2H6/c1-14(22)16-7-8-17-20(16,3)12-10-18-19(2)11-5-4-6-15(19)9-13-21(17,18)23;1-2-3;1-2/h6,16-18,22H,4-5,7-13,23H2,1-3H3;2H,1H3;1-2H3. The fraction of sp³-hybridized carbons (Fsp3) is 0.840. The molecule has 4 rings (SSSR count). The fourth-order valence-electron chi connectivity index (χ4n) is 7.68. The summed E-state index contributed by atoms with van der Waals surface area (Å²) >= 11 is 0. The third-order valence-corrected chi connectivity index (χ3v) is 8.75. The second-order valence-corrected chi connectivity index (χ2v) is 9.85. The van der Waals surface area contributed by atoms with Gasteiger partial charge in [0.05, 0.1) is 0 Å². The minimum Gasteiger partial charge on any atom is -0.325 e. The number of hydrogen-bond donors (Lipinski definition) is 2. The van der Waals surface area contributed by atoms with Crippen LogP contribution in [-0.2, 0) is 4.79 Å². The Hall–Kier alpha value is -0.960. The number of allylic oxidation sites excluding steroid dienone is 2. The zero-order valence-electron chi connectivity index (χ0n) is 19.2. The molecule has 4 aliphatic carbocycles. The van der Waals surface area contributed by atoms with Gasteiger partial charge in [-0.25, -0.2) is 0 Å². The number of nitrogens with two attached hydrogens (primary N) is 1. The van der Waals surface area contributed by atoms with Crippen molar-refractivity contribution in [1.29, 1.82) is 5.41 Å². The third kappa shape index (κ3) is 3.53. The average molecular weight is 389 g/mol. The van der Waals surface area contributed by atoms with Gasteiger partial charge in [0.15, 0.2) is 0 Å². The second kappa shape index (κ2) is 8.81. The van der Waals surface area contributed by atoms with Crippen LogP contribution < -0.4 is 5.73 Å². The number of carbonyl (C=O) groups is 1. The van der Waals surface area contributed by atoms with Gasteiger partial charge in [0.25, 0.3) is 0 Å². The van der Waals surface area contributed by atoms with Crippen LogP contribution in [0.25, 0.3) is 0 Å². The summed E-state index contributed by atoms with van der Waals surface area (Å²) in [5.41, 5.74) is 10.6. The van der Waals surface area contributed by atoms with Gasteiger partial charge < -0.3 is 15.9 Å². The molecule has 0 bridgehead atoms. The molecule has 0 aromatic carbocycles. The maximum atomic E-state index is 8.81. The highest BCUT2D eigenvalue weighted by Crippen LogP contribution is 2.67. The molecule has 0 aromatic heterocycles. The molecular weight excluding hydrogens is 344 g/mol. The molecule has 0 amide bonds. The molecule has 0 radical (unpaired) electrons. The number of nitrogens with one attached hydrogen (secondary N) is 1. The van der Waals surface area contributed by atoms with Crippen molar-refractivity contribution in [1.82, 2.24) is 0 Å². The average Bonchev–Trinajstić information content (AvgIpc) is 3.02. The molecule has 3 nitrogen and oxygen atoms in total. The fourth-order valence-corrected chi connectivity index (χ4v) is 7.68. The van der Waals surface area contributed by atoms with Gasteiger partial charge in [-0.05, 0) is 94.3 Å². The van der Waals surface area contributed by atoms with Crippen molar-refractivity contribution in [3.05, 3.63) is 11.6 Å². The number of carbonyl (C=O) groups excluding carboxylic acids is 1. The van der Waals surface area contributed by atoms with Crippen LogP contribution >= 0.6 is 0 Å². The number of fused-ring (bicyclic) bond motifs is 5. The molecule has 0 saturated heterocycles. The van der Waals surface area contributed by atoms with Crippen LogP contribution in [0.15, 0.2) is 11.6 Å². The highest BCUT2D eigenvalue weighted by atomic mass is 16.1. The molecule has 6 unspecified atom stereocenters. The molecule has 0 heterocycles. The van der Waals surface area contributed by atoms with E-state index in [2.05, 4.69) is 19.9 Å². The Kier molecular flexibility index (Phi) is 7.34. The molecule has 3 saturated carbocycles. The van der Waals surface area contributed by atoms with E-state index >= 15 is 0 Å². The van der Waals surface area contributed by atoms with Gasteiger partial charge in [-0.3, -0.25) is 0 Å². The first-order valence-corrected chi connectivity index (χ1v) is 11.7. The summed E-state index contributed by atoms with van der Waals surface area (Å²) in [6.45, 7) is 12.5. The van der Waals surface area contributed by atoms with Gasteiger partial charge in [-0.2, -0.15) is 0 Å². The molecular formula is C25H44N2O. The van der Waals surface area contributed by atoms with Gasteiger partial charge in [0.2, 0.25) is 0 Å². The first-order valence-electron chi connectivity index (χ1n) is 11.7. The Morgan fingerprint density at radius 1 is 1.14 bits per heavy atom. The summed E-state index contributed by atoms with van der Waals surface area (Å²) in [7, 11) is 0. The quantitative estimate of drug-likeness (QED) is 0.314. The molecule has 3 N–H and O–H groups in total. The molecule has 4 aliphatic rings. The molecule has 0 aromatic rings. The van der Waals surface area contributed by atoms with E-state index in [1.54, 1.807) is 5.57 Å². The molecule has 0 aliphatic heterocycles. The summed E-state index contributed by atoms with van der Waals surface area (Å²) in [5.74, 6) is 1.77. The SMILES string of the molecule is CC.CC(=N)C1CCC2C1(C)CCC1C3(C)CCCC=C3CCC12N.CC=O. The molecule has 6 atom stereocenters. The van der Waals surface area contributed by atoms with Crippen LogP contribution in [-0.4, -0.2) is 17.5 Å². The van der Waals surface area contributed by atoms with E-state index < -0.39 is 0 Å². The van der Waals surface area contributed by atoms with Crippen LogP contribution in [0.3, 0.4) is 0 Å². The lowest BCUT2D eigenvalue weighted by Crippen LogP contribution is -2.66. The van der Waals surface area contributed by atoms with E-state index in [1.807, 2.05) is 20.8 Å². The minimum atomic E-state index is 0.0145. The Labute approximate surface area is 173 Å². The van der Waals surface area contributed by atoms with Crippen molar-refractivity contribution in [2.45, 2.75) is 105 Å². The Morgan fingerprint density at radius 3 is 2.39 bits per heavy atom. The summed E-state index contributed by atoms with van der Waals surface area (Å²) in [6, 6.07) is 0. The predicted molar refractivity (Wildman–Crippen MR) is 120 cm³/mol. The lowest BCUT2D eigenvalue weighted by molar-refractivity contribution is -0.106. The molecule has 0 spiro atoms. The molecule has 3 fully saturated rings. The molecule has 28 heavy (non-hydrogen) atoms. The second-order valence-electron chi connectivity index (χ2n) is 9.85. The van der Waals surface area contributed by atoms with Gasteiger partial charge in [-0.15, -0.1) is 0 Å². The maximum Gasteiger partial charge on any atom is 0.116 e. The summed E-state index contributed by atoms with van der Waals surface area (Å²) in [5, 5.41) is 8.27. The maximum absolute atomic E-state index is 8.81. The van der Waals surface area contributed by atoms with Crippen LogP contribution in [0.2, 0.25) is 0 Å². The van der Waals surface area contributed by atoms with Gasteiger partial charge in [0.1, 0.15) is 6.29 Å². The summed E-state index contributed by atoms with van der Waals surface area (Å²) in [6.07, 6.45) is 14.7. The van der Waals surface area contributed by atoms with Gasteiger partial charge in [0, 0.05) is 17.2 Å². The third-order valence-electron chi connectivity index (χ3n) is 8.75. The van der Waals surface area contributed by atoms with Crippen molar-refractivity contribution in [3.8, 4) is 0 Å². The van der Waals surface area contributed by atoms with Crippen molar-refractivity contribution in [2.24, 2.45) is 34.3 Å². The van der Waals surface area contributed by atoms with Crippen LogP contribution in [0.4, 0.5) is 0 Å². The number of hydrogen-bond acceptors (Lipinski definition) is 3. The topological polar surface area (TPSA) is 66.9 Å². The monoisotopic (exact) mass is 388 g/mol. The molecule has 3 heteroatoms. The number of aldehydes is 1. The van der Waals surface area contributed by atoms with Crippen LogP contribution in [0.5, 0.6) is 0 Å². The largest absolute Gasteiger partial charge is 0.325 e. The minimum absolute atomic E-state index is 0.0145. The molecule has 160 valence electrons. The highest BCUT2D eigenvalue weighted by Gasteiger charge is 2.64. The zero-order valence-corrected chi connectivity index (χ0v) is 19.2. The van der Waals surface area contributed by atoms with Crippen molar-refractivity contribution in [3.63, 3.8) is 0 Å². The summed E-state index contributed by atoms with van der Waals surface area (Å²) in [4.78, 5) is 8.81. The van der Waals surface area contributed by atoms with Crippen LogP contribution in [0, 0.1) is 34.0 Å². The lowest BCUT2D eigenvalue weighted by Gasteiger charge is -2.63. The number of rotatable bonds is 1. The Morgan fingerprint density at radius 2 is 1.79 bits per heavy atom. The first kappa shape index (κ1) is 23.3. The smallest absolute Gasteiger partial charge is 0.116 e. The van der Waals surface area contributed by atoms with E-state index in [0.717, 1.165) is 12.0 Å². The van der Waals surface area contributed by atoms with Crippen LogP contribution in [0.1, 0.15) is 99.3 Å². The van der Waals surface area contributed by atoms with Crippen molar-refractivity contribution < 1.29 is 4.79 Å². The Bertz CT molecular complexity index is 612. The normalized spacial score (nSPS) is 43.5. The predicted octanol–water partition coefficient (Wildman–Crippen LogP) is 6.31. The lowest BCUT2D eigenvalue weighted by atomic mass is 9.44. The van der Waals surface area contributed by atoms with E-state index in [4.69, 9.17) is 15.9 Å². The van der Waals surface area contributed by atoms with E-state index in [1.165, 1.54) is 64.7 Å². The van der Waals surface area contributed by atoms with Gasteiger partial charge >= 0.3 is 0 Å². The zero-order chi connectivity index (χ0) is 21.2. The van der Waals surface area contributed by atoms with E-state index in [9.17, 15) is 0 Å². The van der Waals surface area contributed by atoms with Crippen molar-refractivity contribution >= 4 is 12.0 Å². The van der Waals surface area contributed by atoms with Gasteiger partial charge in [-0.1, -0.05) is 39.3 Å².